The van der Waals surface area contributed by atoms with E-state index in [0.29, 0.717) is 23.1 Å². The molecule has 0 amide bonds. The Morgan fingerprint density at radius 2 is 2.00 bits per heavy atom. The molecule has 0 fully saturated rings. The average Bonchev–Trinajstić information content (AvgIpc) is 2.99. The summed E-state index contributed by atoms with van der Waals surface area (Å²) in [7, 11) is -2.60. The van der Waals surface area contributed by atoms with Gasteiger partial charge in [-0.25, -0.2) is 17.4 Å². The van der Waals surface area contributed by atoms with Gasteiger partial charge in [0.2, 0.25) is 0 Å². The van der Waals surface area contributed by atoms with Crippen LogP contribution in [0.3, 0.4) is 0 Å². The Kier molecular flexibility index (Phi) is 5.38. The number of aromatic nitrogens is 2. The molecule has 0 atom stereocenters. The zero-order valence-corrected chi connectivity index (χ0v) is 16.0. The molecular formula is C18H17ClN2O5S. The van der Waals surface area contributed by atoms with Gasteiger partial charge in [0, 0.05) is 12.1 Å². The van der Waals surface area contributed by atoms with Gasteiger partial charge in [-0.2, -0.15) is 0 Å². The van der Waals surface area contributed by atoms with E-state index in [9.17, 15) is 13.2 Å². The van der Waals surface area contributed by atoms with Gasteiger partial charge >= 0.3 is 5.97 Å². The Balaban J connectivity index is 2.20. The number of ether oxygens (including phenoxy) is 1. The van der Waals surface area contributed by atoms with Crippen LogP contribution in [0.15, 0.2) is 47.4 Å². The molecule has 2 aromatic heterocycles. The molecule has 27 heavy (non-hydrogen) atoms. The number of para-hydroxylation sites is 1. The summed E-state index contributed by atoms with van der Waals surface area (Å²) < 4.78 is 33.2. The third-order valence-electron chi connectivity index (χ3n) is 4.06. The highest BCUT2D eigenvalue weighted by atomic mass is 35.5. The fourth-order valence-corrected chi connectivity index (χ4v) is 4.77. The van der Waals surface area contributed by atoms with Crippen LogP contribution in [0, 0.1) is 0 Å². The van der Waals surface area contributed by atoms with Crippen molar-refractivity contribution in [1.29, 1.82) is 0 Å². The van der Waals surface area contributed by atoms with Gasteiger partial charge in [0.25, 0.3) is 10.0 Å². The van der Waals surface area contributed by atoms with Crippen molar-refractivity contribution in [3.63, 3.8) is 0 Å². The summed E-state index contributed by atoms with van der Waals surface area (Å²) in [4.78, 5) is 15.0. The van der Waals surface area contributed by atoms with Gasteiger partial charge in [-0.3, -0.25) is 4.79 Å². The maximum atomic E-state index is 13.4. The largest absolute Gasteiger partial charge is 0.495 e. The molecule has 142 valence electrons. The molecular weight excluding hydrogens is 392 g/mol. The lowest BCUT2D eigenvalue weighted by Crippen LogP contribution is -2.17. The molecule has 1 N–H and O–H groups in total. The van der Waals surface area contributed by atoms with Crippen molar-refractivity contribution in [2.75, 3.05) is 7.11 Å². The number of carboxylic acid groups (broad SMARTS) is 1. The van der Waals surface area contributed by atoms with Crippen LogP contribution < -0.4 is 4.74 Å². The van der Waals surface area contributed by atoms with Crippen molar-refractivity contribution in [1.82, 2.24) is 8.96 Å². The zero-order valence-electron chi connectivity index (χ0n) is 14.4. The summed E-state index contributed by atoms with van der Waals surface area (Å²) in [5.41, 5.74) is 1.23. The lowest BCUT2D eigenvalue weighted by atomic mass is 10.2. The Hall–Kier alpha value is -2.58. The highest BCUT2D eigenvalue weighted by Crippen LogP contribution is 2.31. The van der Waals surface area contributed by atoms with Gasteiger partial charge in [0.15, 0.2) is 0 Å². The molecule has 0 saturated heterocycles. The smallest absolute Gasteiger partial charge is 0.303 e. The molecule has 2 heterocycles. The number of methoxy groups -OCH3 is 1. The quantitative estimate of drug-likeness (QED) is 0.602. The van der Waals surface area contributed by atoms with Crippen LogP contribution in [0.25, 0.3) is 11.0 Å². The van der Waals surface area contributed by atoms with Crippen LogP contribution in [0.4, 0.5) is 0 Å². The molecule has 0 aliphatic rings. The number of hydrogen-bond donors (Lipinski definition) is 1. The second kappa shape index (κ2) is 7.58. The van der Waals surface area contributed by atoms with E-state index >= 15 is 0 Å². The van der Waals surface area contributed by atoms with Gasteiger partial charge in [-0.15, -0.1) is 0 Å². The first-order valence-corrected chi connectivity index (χ1v) is 9.93. The van der Waals surface area contributed by atoms with Crippen LogP contribution in [0.2, 0.25) is 5.15 Å². The molecule has 0 aliphatic heterocycles. The first-order valence-electron chi connectivity index (χ1n) is 8.12. The van der Waals surface area contributed by atoms with E-state index in [4.69, 9.17) is 21.4 Å². The third-order valence-corrected chi connectivity index (χ3v) is 6.08. The van der Waals surface area contributed by atoms with E-state index < -0.39 is 16.0 Å². The second-order valence-corrected chi connectivity index (χ2v) is 7.98. The molecule has 9 heteroatoms. The molecule has 7 nitrogen and oxygen atoms in total. The van der Waals surface area contributed by atoms with E-state index in [1.807, 2.05) is 0 Å². The molecule has 0 radical (unpaired) electrons. The normalized spacial score (nSPS) is 11.6. The van der Waals surface area contributed by atoms with Crippen LogP contribution in [-0.4, -0.2) is 35.6 Å². The van der Waals surface area contributed by atoms with Crippen LogP contribution in [0.5, 0.6) is 5.75 Å². The summed E-state index contributed by atoms with van der Waals surface area (Å²) in [5.74, 6) is -0.718. The highest BCUT2D eigenvalue weighted by molar-refractivity contribution is 7.90. The van der Waals surface area contributed by atoms with Gasteiger partial charge in [0.05, 0.1) is 18.1 Å². The topological polar surface area (TPSA) is 98.5 Å². The molecule has 0 spiro atoms. The van der Waals surface area contributed by atoms with Gasteiger partial charge < -0.3 is 9.84 Å². The number of hydrogen-bond acceptors (Lipinski definition) is 5. The Morgan fingerprint density at radius 3 is 2.70 bits per heavy atom. The minimum absolute atomic E-state index is 0.0134. The Morgan fingerprint density at radius 1 is 1.26 bits per heavy atom. The summed E-state index contributed by atoms with van der Waals surface area (Å²) in [6.07, 6.45) is 0.486. The average molecular weight is 409 g/mol. The van der Waals surface area contributed by atoms with Crippen LogP contribution >= 0.6 is 11.6 Å². The van der Waals surface area contributed by atoms with E-state index in [1.165, 1.54) is 23.2 Å². The monoisotopic (exact) mass is 408 g/mol. The molecule has 3 rings (SSSR count). The number of aliphatic carboxylic acids is 1. The van der Waals surface area contributed by atoms with E-state index in [0.717, 1.165) is 0 Å². The number of pyridine rings is 1. The van der Waals surface area contributed by atoms with Crippen molar-refractivity contribution in [2.24, 2.45) is 0 Å². The maximum Gasteiger partial charge on any atom is 0.303 e. The molecule has 3 aromatic rings. The zero-order chi connectivity index (χ0) is 19.6. The first-order chi connectivity index (χ1) is 12.8. The number of rotatable bonds is 7. The lowest BCUT2D eigenvalue weighted by Gasteiger charge is -2.14. The van der Waals surface area contributed by atoms with Gasteiger partial charge in [0.1, 0.15) is 15.8 Å². The number of carbonyl (C=O) groups is 1. The van der Waals surface area contributed by atoms with Gasteiger partial charge in [-0.05, 0) is 43.2 Å². The standard InChI is InChI=1S/C18H17ClN2O5S/c1-26-15-6-2-3-7-16(15)27(24,25)21-12(5-4-8-18(22)23)11-13-14(21)9-10-17(19)20-13/h2-3,6-7,9-11H,4-5,8H2,1H3,(H,22,23). The van der Waals surface area contributed by atoms with Crippen LogP contribution in [-0.2, 0) is 21.2 Å². The number of halogens is 1. The van der Waals surface area contributed by atoms with Crippen molar-refractivity contribution in [2.45, 2.75) is 24.2 Å². The first kappa shape index (κ1) is 19.2. The number of fused-ring (bicyclic) bond motifs is 1. The fourth-order valence-electron chi connectivity index (χ4n) is 2.90. The minimum Gasteiger partial charge on any atom is -0.495 e. The molecule has 0 bridgehead atoms. The Labute approximate surface area is 161 Å². The molecule has 0 aliphatic carbocycles. The van der Waals surface area contributed by atoms with Crippen LogP contribution in [0.1, 0.15) is 18.5 Å². The van der Waals surface area contributed by atoms with Crippen molar-refractivity contribution >= 4 is 38.6 Å². The van der Waals surface area contributed by atoms with Gasteiger partial charge in [-0.1, -0.05) is 23.7 Å². The fraction of sp³-hybridized carbons (Fsp3) is 0.222. The van der Waals surface area contributed by atoms with E-state index in [2.05, 4.69) is 4.98 Å². The maximum absolute atomic E-state index is 13.4. The molecule has 0 unspecified atom stereocenters. The summed E-state index contributed by atoms with van der Waals surface area (Å²) in [6, 6.07) is 11.0. The predicted octanol–water partition coefficient (Wildman–Crippen LogP) is 3.34. The predicted molar refractivity (Wildman–Crippen MR) is 101 cm³/mol. The van der Waals surface area contributed by atoms with Crippen molar-refractivity contribution < 1.29 is 23.1 Å². The molecule has 0 saturated carbocycles. The number of nitrogens with zero attached hydrogens (tertiary/aromatic N) is 2. The Bertz CT molecular complexity index is 1110. The SMILES string of the molecule is COc1ccccc1S(=O)(=O)n1c(CCCC(=O)O)cc2nc(Cl)ccc21. The van der Waals surface area contributed by atoms with E-state index in [1.54, 1.807) is 30.3 Å². The summed E-state index contributed by atoms with van der Waals surface area (Å²) >= 11 is 5.94. The lowest BCUT2D eigenvalue weighted by molar-refractivity contribution is -0.137. The number of carboxylic acids is 1. The number of benzene rings is 1. The minimum atomic E-state index is -4.00. The number of aryl methyl sites for hydroxylation is 1. The van der Waals surface area contributed by atoms with Crippen molar-refractivity contribution in [3.8, 4) is 5.75 Å². The summed E-state index contributed by atoms with van der Waals surface area (Å²) in [5, 5.41) is 9.11. The van der Waals surface area contributed by atoms with E-state index in [-0.39, 0.29) is 28.6 Å². The highest BCUT2D eigenvalue weighted by Gasteiger charge is 2.26. The van der Waals surface area contributed by atoms with Crippen molar-refractivity contribution in [3.05, 3.63) is 53.3 Å². The molecule has 1 aromatic carbocycles. The third kappa shape index (κ3) is 3.77. The summed E-state index contributed by atoms with van der Waals surface area (Å²) in [6.45, 7) is 0. The second-order valence-electron chi connectivity index (χ2n) is 5.84.